The lowest BCUT2D eigenvalue weighted by Gasteiger charge is -2.36. The zero-order valence-electron chi connectivity index (χ0n) is 25.5. The second kappa shape index (κ2) is 13.2. The number of benzene rings is 2. The van der Waals surface area contributed by atoms with Crippen LogP contribution in [0.2, 0.25) is 0 Å². The van der Waals surface area contributed by atoms with E-state index in [1.165, 1.54) is 24.9 Å². The number of hydrogen-bond acceptors (Lipinski definition) is 7. The maximum Gasteiger partial charge on any atom is 0.410 e. The van der Waals surface area contributed by atoms with E-state index in [0.717, 1.165) is 17.0 Å². The van der Waals surface area contributed by atoms with Crippen LogP contribution in [0.1, 0.15) is 57.7 Å². The zero-order valence-corrected chi connectivity index (χ0v) is 25.5. The first-order valence-electron chi connectivity index (χ1n) is 14.5. The van der Waals surface area contributed by atoms with Crippen LogP contribution in [0, 0.1) is 17.6 Å². The summed E-state index contributed by atoms with van der Waals surface area (Å²) < 4.78 is 39.8. The quantitative estimate of drug-likeness (QED) is 0.403. The molecule has 4 amide bonds. The topological polar surface area (TPSA) is 143 Å². The number of carbonyl (C=O) groups is 4. The first-order chi connectivity index (χ1) is 20.7. The number of nitrogens with two attached hydrogens (primary N) is 1. The molecule has 2 heterocycles. The number of hydrogen-bond donors (Lipinski definition) is 3. The van der Waals surface area contributed by atoms with Gasteiger partial charge in [0.05, 0.1) is 0 Å². The molecule has 0 aromatic heterocycles. The van der Waals surface area contributed by atoms with Gasteiger partial charge in [-0.05, 0) is 81.8 Å². The Bertz CT molecular complexity index is 1400. The van der Waals surface area contributed by atoms with Crippen LogP contribution in [-0.2, 0) is 30.4 Å². The largest absolute Gasteiger partial charge is 0.444 e. The van der Waals surface area contributed by atoms with Gasteiger partial charge in [0.25, 0.3) is 5.91 Å². The Labute approximate surface area is 255 Å². The Kier molecular flexibility index (Phi) is 9.77. The molecule has 0 radical (unpaired) electrons. The Morgan fingerprint density at radius 1 is 1.09 bits per heavy atom. The molecule has 0 bridgehead atoms. The van der Waals surface area contributed by atoms with E-state index in [9.17, 15) is 28.0 Å². The smallest absolute Gasteiger partial charge is 0.410 e. The SMILES string of the molecule is CC(C(=O)NC(C(=O)N1Cc2cc(N)ccc2C1C(=O)Nc1c(F)cccc1F)C1CCOCC1)N(C)C(=O)OC(C)(C)C. The third kappa shape index (κ3) is 7.26. The molecule has 2 aromatic carbocycles. The molecule has 1 saturated heterocycles. The number of nitrogen functional groups attached to an aromatic ring is 1. The van der Waals surface area contributed by atoms with Crippen molar-refractivity contribution in [2.45, 2.75) is 70.8 Å². The van der Waals surface area contributed by atoms with Crippen LogP contribution < -0.4 is 16.4 Å². The van der Waals surface area contributed by atoms with Crippen LogP contribution in [0.25, 0.3) is 0 Å². The summed E-state index contributed by atoms with van der Waals surface area (Å²) in [4.78, 5) is 56.5. The van der Waals surface area contributed by atoms with Crippen molar-refractivity contribution in [2.75, 3.05) is 31.3 Å². The van der Waals surface area contributed by atoms with Crippen LogP contribution in [0.3, 0.4) is 0 Å². The van der Waals surface area contributed by atoms with Gasteiger partial charge in [-0.1, -0.05) is 12.1 Å². The molecule has 4 rings (SSSR count). The van der Waals surface area contributed by atoms with Gasteiger partial charge in [-0.15, -0.1) is 0 Å². The van der Waals surface area contributed by atoms with Gasteiger partial charge < -0.3 is 30.7 Å². The first kappa shape index (κ1) is 32.6. The summed E-state index contributed by atoms with van der Waals surface area (Å²) >= 11 is 0. The van der Waals surface area contributed by atoms with Gasteiger partial charge in [-0.3, -0.25) is 19.3 Å². The maximum absolute atomic E-state index is 14.5. The average Bonchev–Trinajstić information content (AvgIpc) is 3.34. The standard InChI is InChI=1S/C31H39F2N5O6/c1-17(37(5)30(42)44-31(2,3)4)27(39)35-24(18-11-13-43-14-12-18)29(41)38-16-19-15-20(34)9-10-21(19)26(38)28(40)36-25-22(32)7-6-8-23(25)33/h6-10,15,17-18,24,26H,11-14,16,34H2,1-5H3,(H,35,39)(H,36,40). The molecule has 44 heavy (non-hydrogen) atoms. The van der Waals surface area contributed by atoms with Gasteiger partial charge in [0.1, 0.15) is 41.0 Å². The number of ether oxygens (including phenoxy) is 2. The second-order valence-electron chi connectivity index (χ2n) is 12.1. The number of carbonyl (C=O) groups excluding carboxylic acids is 4. The fourth-order valence-corrected chi connectivity index (χ4v) is 5.32. The lowest BCUT2D eigenvalue weighted by atomic mass is 9.90. The number of nitrogens with zero attached hydrogens (tertiary/aromatic N) is 2. The van der Waals surface area contributed by atoms with E-state index in [0.29, 0.717) is 42.9 Å². The number of amides is 4. The highest BCUT2D eigenvalue weighted by Crippen LogP contribution is 2.38. The molecular weight excluding hydrogens is 576 g/mol. The van der Waals surface area contributed by atoms with Crippen molar-refractivity contribution in [3.63, 3.8) is 0 Å². The lowest BCUT2D eigenvalue weighted by Crippen LogP contribution is -2.57. The fourth-order valence-electron chi connectivity index (χ4n) is 5.32. The third-order valence-electron chi connectivity index (χ3n) is 7.80. The van der Waals surface area contributed by atoms with Gasteiger partial charge in [0.15, 0.2) is 0 Å². The summed E-state index contributed by atoms with van der Waals surface area (Å²) in [5, 5.41) is 5.12. The van der Waals surface area contributed by atoms with Crippen molar-refractivity contribution in [3.8, 4) is 0 Å². The number of para-hydroxylation sites is 1. The molecule has 11 nitrogen and oxygen atoms in total. The van der Waals surface area contributed by atoms with Crippen LogP contribution in [0.4, 0.5) is 25.0 Å². The Morgan fingerprint density at radius 2 is 1.73 bits per heavy atom. The Balaban J connectivity index is 1.64. The fraction of sp³-hybridized carbons (Fsp3) is 0.484. The summed E-state index contributed by atoms with van der Waals surface area (Å²) in [5.74, 6) is -4.29. The predicted octanol–water partition coefficient (Wildman–Crippen LogP) is 3.74. The molecule has 0 aliphatic carbocycles. The van der Waals surface area contributed by atoms with Crippen molar-refractivity contribution >= 4 is 35.2 Å². The van der Waals surface area contributed by atoms with Gasteiger partial charge in [-0.2, -0.15) is 0 Å². The van der Waals surface area contributed by atoms with Crippen LogP contribution in [-0.4, -0.2) is 71.6 Å². The van der Waals surface area contributed by atoms with E-state index in [1.807, 2.05) is 0 Å². The van der Waals surface area contributed by atoms with Crippen molar-refractivity contribution in [1.29, 1.82) is 0 Å². The summed E-state index contributed by atoms with van der Waals surface area (Å²) in [7, 11) is 1.42. The predicted molar refractivity (Wildman–Crippen MR) is 158 cm³/mol. The molecule has 4 N–H and O–H groups in total. The maximum atomic E-state index is 14.5. The Morgan fingerprint density at radius 3 is 2.34 bits per heavy atom. The zero-order chi connectivity index (χ0) is 32.3. The van der Waals surface area contributed by atoms with E-state index < -0.39 is 64.9 Å². The van der Waals surface area contributed by atoms with Crippen molar-refractivity contribution < 1.29 is 37.4 Å². The number of rotatable bonds is 7. The van der Waals surface area contributed by atoms with E-state index >= 15 is 0 Å². The number of fused-ring (bicyclic) bond motifs is 1. The minimum Gasteiger partial charge on any atom is -0.444 e. The summed E-state index contributed by atoms with van der Waals surface area (Å²) in [6.07, 6.45) is 0.203. The lowest BCUT2D eigenvalue weighted by molar-refractivity contribution is -0.144. The molecule has 2 aliphatic heterocycles. The minimum absolute atomic E-state index is 0.0278. The van der Waals surface area contributed by atoms with E-state index in [-0.39, 0.29) is 12.5 Å². The monoisotopic (exact) mass is 615 g/mol. The van der Waals surface area contributed by atoms with Gasteiger partial charge >= 0.3 is 6.09 Å². The normalized spacial score (nSPS) is 18.2. The van der Waals surface area contributed by atoms with Crippen molar-refractivity contribution in [1.82, 2.24) is 15.1 Å². The number of halogens is 2. The number of nitrogens with one attached hydrogen (secondary N) is 2. The van der Waals surface area contributed by atoms with E-state index in [4.69, 9.17) is 15.2 Å². The van der Waals surface area contributed by atoms with Crippen LogP contribution in [0.5, 0.6) is 0 Å². The van der Waals surface area contributed by atoms with Gasteiger partial charge in [-0.25, -0.2) is 13.6 Å². The summed E-state index contributed by atoms with van der Waals surface area (Å²) in [6.45, 7) is 7.34. The van der Waals surface area contributed by atoms with E-state index in [1.54, 1.807) is 39.0 Å². The number of anilines is 2. The highest BCUT2D eigenvalue weighted by Gasteiger charge is 2.44. The molecule has 3 atom stereocenters. The molecule has 0 saturated carbocycles. The van der Waals surface area contributed by atoms with Gasteiger partial charge in [0, 0.05) is 32.5 Å². The molecule has 238 valence electrons. The molecule has 2 aliphatic rings. The Hall–Kier alpha value is -4.26. The van der Waals surface area contributed by atoms with Crippen LogP contribution in [0.15, 0.2) is 36.4 Å². The molecule has 13 heteroatoms. The number of likely N-dealkylation sites (N-methyl/N-ethyl adjacent to an activating group) is 1. The van der Waals surface area contributed by atoms with Crippen molar-refractivity contribution in [3.05, 3.63) is 59.2 Å². The molecular formula is C31H39F2N5O6. The third-order valence-corrected chi connectivity index (χ3v) is 7.80. The highest BCUT2D eigenvalue weighted by molar-refractivity contribution is 6.00. The van der Waals surface area contributed by atoms with Gasteiger partial charge in [0.2, 0.25) is 11.8 Å². The summed E-state index contributed by atoms with van der Waals surface area (Å²) in [5.41, 5.74) is 6.01. The highest BCUT2D eigenvalue weighted by atomic mass is 19.1. The molecule has 2 aromatic rings. The first-order valence-corrected chi connectivity index (χ1v) is 14.5. The molecule has 1 fully saturated rings. The van der Waals surface area contributed by atoms with Crippen molar-refractivity contribution in [2.24, 2.45) is 5.92 Å². The molecule has 3 unspecified atom stereocenters. The second-order valence-corrected chi connectivity index (χ2v) is 12.1. The average molecular weight is 616 g/mol. The summed E-state index contributed by atoms with van der Waals surface area (Å²) in [6, 6.07) is 4.64. The minimum atomic E-state index is -1.27. The molecule has 0 spiro atoms. The van der Waals surface area contributed by atoms with E-state index in [2.05, 4.69) is 10.6 Å². The van der Waals surface area contributed by atoms with Crippen LogP contribution >= 0.6 is 0 Å².